The highest BCUT2D eigenvalue weighted by Crippen LogP contribution is 2.51. The van der Waals surface area contributed by atoms with E-state index < -0.39 is 0 Å². The van der Waals surface area contributed by atoms with Crippen molar-refractivity contribution in [2.45, 2.75) is 44.4 Å². The largest absolute Gasteiger partial charge is 0.508 e. The predicted molar refractivity (Wildman–Crippen MR) is 88.0 cm³/mol. The van der Waals surface area contributed by atoms with Crippen molar-refractivity contribution >= 4 is 0 Å². The first kappa shape index (κ1) is 13.9. The molecule has 0 saturated heterocycles. The maximum absolute atomic E-state index is 9.86. The molecule has 4 rings (SSSR count). The fourth-order valence-electron chi connectivity index (χ4n) is 5.01. The highest BCUT2D eigenvalue weighted by molar-refractivity contribution is 5.40. The summed E-state index contributed by atoms with van der Waals surface area (Å²) >= 11 is 0. The Labute approximate surface area is 132 Å². The van der Waals surface area contributed by atoms with E-state index in [0.717, 1.165) is 18.8 Å². The van der Waals surface area contributed by atoms with Crippen molar-refractivity contribution < 1.29 is 10.2 Å². The molecule has 0 amide bonds. The lowest BCUT2D eigenvalue weighted by Crippen LogP contribution is -2.36. The third-order valence-corrected chi connectivity index (χ3v) is 6.01. The Balaban J connectivity index is 1.69. The number of fused-ring (bicyclic) bond motifs is 3. The number of aliphatic hydroxyl groups excluding tert-OH is 1. The molecule has 3 aliphatic carbocycles. The fourth-order valence-corrected chi connectivity index (χ4v) is 5.01. The van der Waals surface area contributed by atoms with Gasteiger partial charge in [0.2, 0.25) is 0 Å². The van der Waals surface area contributed by atoms with Crippen LogP contribution in [0.5, 0.6) is 5.75 Å². The van der Waals surface area contributed by atoms with Gasteiger partial charge in [0.1, 0.15) is 11.5 Å². The second-order valence-electron chi connectivity index (χ2n) is 7.19. The first-order valence-corrected chi connectivity index (χ1v) is 8.61. The SMILES string of the molecule is OC1=CCC([C@@H]2Cc3cc(O)ccc3[C@@H]3CCCC[C@@H]32)C=C1. The smallest absolute Gasteiger partial charge is 0.115 e. The highest BCUT2D eigenvalue weighted by atomic mass is 16.3. The van der Waals surface area contributed by atoms with Gasteiger partial charge in [0.15, 0.2) is 0 Å². The van der Waals surface area contributed by atoms with Crippen molar-refractivity contribution in [2.75, 3.05) is 0 Å². The lowest BCUT2D eigenvalue weighted by molar-refractivity contribution is 0.156. The molecule has 2 N–H and O–H groups in total. The molecular formula is C20H24O2. The minimum Gasteiger partial charge on any atom is -0.508 e. The zero-order valence-corrected chi connectivity index (χ0v) is 12.9. The molecule has 0 aromatic heterocycles. The molecule has 0 radical (unpaired) electrons. The van der Waals surface area contributed by atoms with Gasteiger partial charge >= 0.3 is 0 Å². The molecule has 2 nitrogen and oxygen atoms in total. The van der Waals surface area contributed by atoms with Gasteiger partial charge in [-0.3, -0.25) is 0 Å². The molecule has 1 unspecified atom stereocenters. The first-order chi connectivity index (χ1) is 10.7. The van der Waals surface area contributed by atoms with Crippen LogP contribution in [0.25, 0.3) is 0 Å². The molecule has 116 valence electrons. The number of benzene rings is 1. The molecule has 0 spiro atoms. The Bertz CT molecular complexity index is 629. The summed E-state index contributed by atoms with van der Waals surface area (Å²) in [6.45, 7) is 0. The van der Waals surface area contributed by atoms with Crippen molar-refractivity contribution in [3.05, 3.63) is 53.3 Å². The molecule has 1 aromatic rings. The minimum atomic E-state index is 0.392. The van der Waals surface area contributed by atoms with Crippen LogP contribution in [0, 0.1) is 17.8 Å². The third-order valence-electron chi connectivity index (χ3n) is 6.01. The number of rotatable bonds is 1. The fraction of sp³-hybridized carbons (Fsp3) is 0.500. The molecule has 1 aromatic carbocycles. The van der Waals surface area contributed by atoms with Crippen LogP contribution in [-0.4, -0.2) is 10.2 Å². The zero-order chi connectivity index (χ0) is 15.1. The average molecular weight is 296 g/mol. The van der Waals surface area contributed by atoms with Gasteiger partial charge in [-0.1, -0.05) is 25.0 Å². The number of phenols is 1. The Morgan fingerprint density at radius 3 is 2.68 bits per heavy atom. The Morgan fingerprint density at radius 1 is 1.00 bits per heavy atom. The average Bonchev–Trinajstić information content (AvgIpc) is 2.54. The van der Waals surface area contributed by atoms with Crippen molar-refractivity contribution in [1.82, 2.24) is 0 Å². The van der Waals surface area contributed by atoms with E-state index in [0.29, 0.717) is 29.3 Å². The first-order valence-electron chi connectivity index (χ1n) is 8.61. The van der Waals surface area contributed by atoms with Crippen LogP contribution in [0.15, 0.2) is 42.2 Å². The van der Waals surface area contributed by atoms with E-state index >= 15 is 0 Å². The summed E-state index contributed by atoms with van der Waals surface area (Å²) < 4.78 is 0. The van der Waals surface area contributed by atoms with Crippen LogP contribution < -0.4 is 0 Å². The van der Waals surface area contributed by atoms with Gasteiger partial charge in [0, 0.05) is 0 Å². The van der Waals surface area contributed by atoms with Crippen LogP contribution in [0.1, 0.15) is 49.1 Å². The summed E-state index contributed by atoms with van der Waals surface area (Å²) in [5.41, 5.74) is 2.83. The maximum atomic E-state index is 9.86. The molecule has 0 heterocycles. The van der Waals surface area contributed by atoms with E-state index in [9.17, 15) is 10.2 Å². The molecule has 0 aliphatic heterocycles. The van der Waals surface area contributed by atoms with E-state index in [1.165, 1.54) is 36.8 Å². The number of aliphatic hydroxyl groups is 1. The number of aromatic hydroxyl groups is 1. The zero-order valence-electron chi connectivity index (χ0n) is 12.9. The predicted octanol–water partition coefficient (Wildman–Crippen LogP) is 4.86. The van der Waals surface area contributed by atoms with Crippen LogP contribution >= 0.6 is 0 Å². The number of phenolic OH excluding ortho intramolecular Hbond substituents is 1. The molecule has 3 aliphatic rings. The van der Waals surface area contributed by atoms with Crippen LogP contribution in [0.4, 0.5) is 0 Å². The second-order valence-corrected chi connectivity index (χ2v) is 7.19. The quantitative estimate of drug-likeness (QED) is 0.777. The number of hydrogen-bond donors (Lipinski definition) is 2. The lowest BCUT2D eigenvalue weighted by Gasteiger charge is -2.45. The third kappa shape index (κ3) is 2.35. The van der Waals surface area contributed by atoms with Crippen LogP contribution in [0.2, 0.25) is 0 Å². The normalized spacial score (nSPS) is 33.7. The Hall–Kier alpha value is -1.70. The standard InChI is InChI=1S/C20H24O2/c21-15-7-5-13(6-8-15)20-12-14-11-16(22)9-10-17(14)18-3-1-2-4-19(18)20/h5,7-11,13,18-22H,1-4,6,12H2/t13?,18-,19-,20-/m0/s1. The summed E-state index contributed by atoms with van der Waals surface area (Å²) in [5, 5.41) is 19.5. The highest BCUT2D eigenvalue weighted by Gasteiger charge is 2.40. The molecule has 4 atom stereocenters. The van der Waals surface area contributed by atoms with Crippen molar-refractivity contribution in [2.24, 2.45) is 17.8 Å². The summed E-state index contributed by atoms with van der Waals surface area (Å²) in [5.74, 6) is 3.39. The topological polar surface area (TPSA) is 40.5 Å². The molecule has 22 heavy (non-hydrogen) atoms. The van der Waals surface area contributed by atoms with Crippen molar-refractivity contribution in [3.8, 4) is 5.75 Å². The summed E-state index contributed by atoms with van der Waals surface area (Å²) in [4.78, 5) is 0. The molecule has 0 bridgehead atoms. The van der Waals surface area contributed by atoms with Gasteiger partial charge in [-0.15, -0.1) is 0 Å². The van der Waals surface area contributed by atoms with E-state index in [1.54, 1.807) is 0 Å². The molecular weight excluding hydrogens is 272 g/mol. The molecule has 1 saturated carbocycles. The summed E-state index contributed by atoms with van der Waals surface area (Å²) in [6, 6.07) is 5.99. The van der Waals surface area contributed by atoms with Gasteiger partial charge in [-0.2, -0.15) is 0 Å². The monoisotopic (exact) mass is 296 g/mol. The van der Waals surface area contributed by atoms with E-state index in [4.69, 9.17) is 0 Å². The van der Waals surface area contributed by atoms with Crippen molar-refractivity contribution in [3.63, 3.8) is 0 Å². The van der Waals surface area contributed by atoms with Gasteiger partial charge in [-0.25, -0.2) is 0 Å². The van der Waals surface area contributed by atoms with E-state index in [2.05, 4.69) is 12.1 Å². The Morgan fingerprint density at radius 2 is 1.86 bits per heavy atom. The molecule has 1 fully saturated rings. The van der Waals surface area contributed by atoms with Crippen LogP contribution in [0.3, 0.4) is 0 Å². The van der Waals surface area contributed by atoms with Gasteiger partial charge in [0.05, 0.1) is 0 Å². The Kier molecular flexibility index (Phi) is 3.48. The van der Waals surface area contributed by atoms with Gasteiger partial charge in [-0.05, 0) is 84.8 Å². The maximum Gasteiger partial charge on any atom is 0.115 e. The number of hydrogen-bond acceptors (Lipinski definition) is 2. The van der Waals surface area contributed by atoms with Gasteiger partial charge < -0.3 is 10.2 Å². The minimum absolute atomic E-state index is 0.392. The van der Waals surface area contributed by atoms with Gasteiger partial charge in [0.25, 0.3) is 0 Å². The van der Waals surface area contributed by atoms with E-state index in [1.807, 2.05) is 24.3 Å². The lowest BCUT2D eigenvalue weighted by atomic mass is 9.59. The second kappa shape index (κ2) is 5.49. The summed E-state index contributed by atoms with van der Waals surface area (Å²) in [6.07, 6.45) is 13.3. The van der Waals surface area contributed by atoms with Crippen LogP contribution in [-0.2, 0) is 6.42 Å². The van der Waals surface area contributed by atoms with Crippen molar-refractivity contribution in [1.29, 1.82) is 0 Å². The van der Waals surface area contributed by atoms with E-state index in [-0.39, 0.29) is 0 Å². The molecule has 2 heteroatoms. The number of allylic oxidation sites excluding steroid dienone is 3. The summed E-state index contributed by atoms with van der Waals surface area (Å²) in [7, 11) is 0.